The molecule has 1 aromatic rings. The van der Waals surface area contributed by atoms with Gasteiger partial charge in [-0.15, -0.1) is 0 Å². The van der Waals surface area contributed by atoms with Crippen molar-refractivity contribution < 1.29 is 17.9 Å². The molecule has 156 valence electrons. The fraction of sp³-hybridized carbons (Fsp3) is 0.667. The Labute approximate surface area is 168 Å². The SMILES string of the molecule is Cc1cc(C)c(S(=O)(=O)N2CCC(C(=O)N3CC(C)OC(C)C3)CC2)c(C)c1. The molecule has 2 saturated heterocycles. The Morgan fingerprint density at radius 2 is 1.50 bits per heavy atom. The number of benzene rings is 1. The summed E-state index contributed by atoms with van der Waals surface area (Å²) in [5.74, 6) is 0.0332. The van der Waals surface area contributed by atoms with Crippen molar-refractivity contribution in [2.45, 2.75) is 64.6 Å². The van der Waals surface area contributed by atoms with Gasteiger partial charge in [-0.1, -0.05) is 17.7 Å². The second kappa shape index (κ2) is 8.13. The number of morpholine rings is 1. The van der Waals surface area contributed by atoms with Crippen molar-refractivity contribution >= 4 is 15.9 Å². The minimum Gasteiger partial charge on any atom is -0.372 e. The molecule has 2 fully saturated rings. The van der Waals surface area contributed by atoms with Crippen molar-refractivity contribution in [1.82, 2.24) is 9.21 Å². The van der Waals surface area contributed by atoms with Gasteiger partial charge < -0.3 is 9.64 Å². The molecule has 0 aliphatic carbocycles. The number of aryl methyl sites for hydroxylation is 3. The maximum absolute atomic E-state index is 13.2. The molecule has 0 radical (unpaired) electrons. The molecule has 28 heavy (non-hydrogen) atoms. The molecule has 2 aliphatic rings. The van der Waals surface area contributed by atoms with Crippen LogP contribution >= 0.6 is 0 Å². The summed E-state index contributed by atoms with van der Waals surface area (Å²) in [6.45, 7) is 11.7. The number of rotatable bonds is 3. The summed E-state index contributed by atoms with van der Waals surface area (Å²) in [7, 11) is -3.54. The van der Waals surface area contributed by atoms with Gasteiger partial charge in [-0.05, 0) is 58.6 Å². The zero-order chi connectivity index (χ0) is 20.6. The predicted molar refractivity (Wildman–Crippen MR) is 109 cm³/mol. The lowest BCUT2D eigenvalue weighted by atomic mass is 9.96. The van der Waals surface area contributed by atoms with E-state index in [9.17, 15) is 13.2 Å². The topological polar surface area (TPSA) is 66.9 Å². The molecule has 2 unspecified atom stereocenters. The maximum Gasteiger partial charge on any atom is 0.243 e. The van der Waals surface area contributed by atoms with E-state index in [-0.39, 0.29) is 24.0 Å². The molecular formula is C21H32N2O4S. The molecule has 0 N–H and O–H groups in total. The standard InChI is InChI=1S/C21H32N2O4S/c1-14-10-15(2)20(16(3)11-14)28(25,26)23-8-6-19(7-9-23)21(24)22-12-17(4)27-18(5)13-22/h10-11,17-19H,6-9,12-13H2,1-5H3. The Bertz CT molecular complexity index is 811. The summed E-state index contributed by atoms with van der Waals surface area (Å²) in [5, 5.41) is 0. The van der Waals surface area contributed by atoms with E-state index < -0.39 is 10.0 Å². The Morgan fingerprint density at radius 3 is 2.00 bits per heavy atom. The summed E-state index contributed by atoms with van der Waals surface area (Å²) >= 11 is 0. The van der Waals surface area contributed by atoms with E-state index >= 15 is 0 Å². The predicted octanol–water partition coefficient (Wildman–Crippen LogP) is 2.65. The van der Waals surface area contributed by atoms with Crippen molar-refractivity contribution in [2.24, 2.45) is 5.92 Å². The molecule has 7 heteroatoms. The lowest BCUT2D eigenvalue weighted by molar-refractivity contribution is -0.148. The van der Waals surface area contributed by atoms with Crippen LogP contribution in [-0.4, -0.2) is 61.9 Å². The quantitative estimate of drug-likeness (QED) is 0.771. The number of sulfonamides is 1. The molecule has 2 atom stereocenters. The fourth-order valence-electron chi connectivity index (χ4n) is 4.66. The van der Waals surface area contributed by atoms with E-state index in [1.54, 1.807) is 4.31 Å². The highest BCUT2D eigenvalue weighted by Gasteiger charge is 2.36. The van der Waals surface area contributed by atoms with Crippen LogP contribution in [0, 0.1) is 26.7 Å². The van der Waals surface area contributed by atoms with Crippen LogP contribution in [0.1, 0.15) is 43.4 Å². The van der Waals surface area contributed by atoms with E-state index in [1.165, 1.54) is 0 Å². The largest absolute Gasteiger partial charge is 0.372 e. The molecule has 2 heterocycles. The molecule has 0 spiro atoms. The van der Waals surface area contributed by atoms with Gasteiger partial charge in [-0.25, -0.2) is 8.42 Å². The van der Waals surface area contributed by atoms with Crippen LogP contribution in [0.3, 0.4) is 0 Å². The summed E-state index contributed by atoms with van der Waals surface area (Å²) in [6.07, 6.45) is 1.23. The van der Waals surface area contributed by atoms with E-state index in [0.717, 1.165) is 16.7 Å². The Kier molecular flexibility index (Phi) is 6.17. The molecule has 0 bridgehead atoms. The molecule has 2 aliphatic heterocycles. The van der Waals surface area contributed by atoms with Gasteiger partial charge in [0.2, 0.25) is 15.9 Å². The third-order valence-corrected chi connectivity index (χ3v) is 7.94. The monoisotopic (exact) mass is 408 g/mol. The lowest BCUT2D eigenvalue weighted by Gasteiger charge is -2.39. The van der Waals surface area contributed by atoms with Crippen molar-refractivity contribution in [3.05, 3.63) is 28.8 Å². The first-order valence-corrected chi connectivity index (χ1v) is 11.6. The Balaban J connectivity index is 1.69. The minimum absolute atomic E-state index is 0.0423. The van der Waals surface area contributed by atoms with E-state index in [0.29, 0.717) is 43.9 Å². The Morgan fingerprint density at radius 1 is 1.00 bits per heavy atom. The van der Waals surface area contributed by atoms with Gasteiger partial charge >= 0.3 is 0 Å². The maximum atomic E-state index is 13.2. The fourth-order valence-corrected chi connectivity index (χ4v) is 6.54. The average Bonchev–Trinajstić information content (AvgIpc) is 2.59. The van der Waals surface area contributed by atoms with E-state index in [2.05, 4.69) is 0 Å². The third kappa shape index (κ3) is 4.26. The van der Waals surface area contributed by atoms with Gasteiger partial charge in [0, 0.05) is 32.1 Å². The molecule has 1 amide bonds. The normalized spacial score (nSPS) is 25.1. The second-order valence-corrected chi connectivity index (χ2v) is 10.3. The number of nitrogens with zero attached hydrogens (tertiary/aromatic N) is 2. The van der Waals surface area contributed by atoms with Crippen LogP contribution in [0.25, 0.3) is 0 Å². The lowest BCUT2D eigenvalue weighted by Crippen LogP contribution is -2.51. The number of carbonyl (C=O) groups excluding carboxylic acids is 1. The van der Waals surface area contributed by atoms with Crippen molar-refractivity contribution in [3.8, 4) is 0 Å². The van der Waals surface area contributed by atoms with Crippen LogP contribution in [0.4, 0.5) is 0 Å². The molecule has 1 aromatic carbocycles. The summed E-state index contributed by atoms with van der Waals surface area (Å²) in [6, 6.07) is 3.83. The highest BCUT2D eigenvalue weighted by atomic mass is 32.2. The number of piperidine rings is 1. The van der Waals surface area contributed by atoms with Crippen LogP contribution in [0.5, 0.6) is 0 Å². The van der Waals surface area contributed by atoms with Crippen LogP contribution < -0.4 is 0 Å². The Hall–Kier alpha value is -1.44. The van der Waals surface area contributed by atoms with Crippen molar-refractivity contribution in [2.75, 3.05) is 26.2 Å². The van der Waals surface area contributed by atoms with Gasteiger partial charge in [-0.2, -0.15) is 4.31 Å². The summed E-state index contributed by atoms with van der Waals surface area (Å²) < 4.78 is 33.7. The molecule has 0 saturated carbocycles. The smallest absolute Gasteiger partial charge is 0.243 e. The van der Waals surface area contributed by atoms with Gasteiger partial charge in [0.15, 0.2) is 0 Å². The average molecular weight is 409 g/mol. The van der Waals surface area contributed by atoms with Crippen LogP contribution in [0.2, 0.25) is 0 Å². The zero-order valence-corrected chi connectivity index (χ0v) is 18.4. The second-order valence-electron chi connectivity index (χ2n) is 8.41. The summed E-state index contributed by atoms with van der Waals surface area (Å²) in [4.78, 5) is 15.2. The van der Waals surface area contributed by atoms with Gasteiger partial charge in [-0.3, -0.25) is 4.79 Å². The minimum atomic E-state index is -3.54. The first-order valence-electron chi connectivity index (χ1n) is 10.1. The molecule has 6 nitrogen and oxygen atoms in total. The van der Waals surface area contributed by atoms with Crippen molar-refractivity contribution in [3.63, 3.8) is 0 Å². The zero-order valence-electron chi connectivity index (χ0n) is 17.6. The number of hydrogen-bond acceptors (Lipinski definition) is 4. The molecule has 3 rings (SSSR count). The van der Waals surface area contributed by atoms with Gasteiger partial charge in [0.1, 0.15) is 0 Å². The van der Waals surface area contributed by atoms with Gasteiger partial charge in [0.25, 0.3) is 0 Å². The number of hydrogen-bond donors (Lipinski definition) is 0. The molecule has 0 aromatic heterocycles. The number of carbonyl (C=O) groups is 1. The summed E-state index contributed by atoms with van der Waals surface area (Å²) in [5.41, 5.74) is 2.63. The first kappa shape index (κ1) is 21.3. The van der Waals surface area contributed by atoms with Crippen LogP contribution in [-0.2, 0) is 19.6 Å². The highest BCUT2D eigenvalue weighted by Crippen LogP contribution is 2.29. The van der Waals surface area contributed by atoms with Crippen molar-refractivity contribution in [1.29, 1.82) is 0 Å². The highest BCUT2D eigenvalue weighted by molar-refractivity contribution is 7.89. The number of ether oxygens (including phenoxy) is 1. The third-order valence-electron chi connectivity index (χ3n) is 5.74. The molecular weight excluding hydrogens is 376 g/mol. The van der Waals surface area contributed by atoms with E-state index in [1.807, 2.05) is 51.7 Å². The van der Waals surface area contributed by atoms with Crippen LogP contribution in [0.15, 0.2) is 17.0 Å². The first-order chi connectivity index (χ1) is 13.1. The number of amides is 1. The van der Waals surface area contributed by atoms with Gasteiger partial charge in [0.05, 0.1) is 17.1 Å². The van der Waals surface area contributed by atoms with E-state index in [4.69, 9.17) is 4.74 Å².